The van der Waals surface area contributed by atoms with E-state index < -0.39 is 6.09 Å². The number of carbonyl (C=O) groups is 1. The number of amides is 1. The van der Waals surface area contributed by atoms with Crippen LogP contribution in [-0.4, -0.2) is 58.6 Å². The van der Waals surface area contributed by atoms with E-state index in [1.54, 1.807) is 0 Å². The number of aliphatic hydroxyl groups excluding tert-OH is 1. The number of nitrogens with one attached hydrogen (secondary N) is 1. The number of alkyl carbamates (subject to hydrolysis) is 1. The zero-order valence-electron chi connectivity index (χ0n) is 17.2. The smallest absolute Gasteiger partial charge is 0.407 e. The zero-order valence-corrected chi connectivity index (χ0v) is 17.2. The van der Waals surface area contributed by atoms with Crippen LogP contribution in [0.3, 0.4) is 0 Å². The highest BCUT2D eigenvalue weighted by Crippen LogP contribution is 2.35. The predicted molar refractivity (Wildman–Crippen MR) is 110 cm³/mol. The zero-order chi connectivity index (χ0) is 20.7. The molecule has 154 valence electrons. The lowest BCUT2D eigenvalue weighted by Gasteiger charge is -2.24. The van der Waals surface area contributed by atoms with Gasteiger partial charge >= 0.3 is 6.09 Å². The molecule has 0 radical (unpaired) electrons. The lowest BCUT2D eigenvalue weighted by atomic mass is 10.1. The van der Waals surface area contributed by atoms with E-state index in [1.807, 2.05) is 39.1 Å². The molecule has 7 heteroatoms. The van der Waals surface area contributed by atoms with Crippen molar-refractivity contribution in [3.8, 4) is 6.07 Å². The first-order valence-corrected chi connectivity index (χ1v) is 10.3. The standard InChI is InChI=1S/C22H28N4O3/c1-13(2)29-22(28)24-15-9-17-16-8-14(11-23)4-5-18(16)26(19(17)10-15)12-20-21(27)6-7-25(20)3/h4-5,8,13,15,20-21,27H,6-7,9-10,12H2,1-3H3,(H,24,28)/t15-,20+,21+/m0/s1. The molecule has 1 aromatic heterocycles. The molecule has 1 fully saturated rings. The topological polar surface area (TPSA) is 90.5 Å². The number of carbonyl (C=O) groups excluding carboxylic acids is 1. The fourth-order valence-corrected chi connectivity index (χ4v) is 4.72. The van der Waals surface area contributed by atoms with Crippen LogP contribution < -0.4 is 5.32 Å². The Morgan fingerprint density at radius 1 is 1.41 bits per heavy atom. The Labute approximate surface area is 170 Å². The molecule has 2 heterocycles. The van der Waals surface area contributed by atoms with Crippen LogP contribution >= 0.6 is 0 Å². The number of hydrogen-bond donors (Lipinski definition) is 2. The molecule has 0 spiro atoms. The van der Waals surface area contributed by atoms with Crippen LogP contribution in [0, 0.1) is 11.3 Å². The molecule has 4 rings (SSSR count). The van der Waals surface area contributed by atoms with Crippen molar-refractivity contribution >= 4 is 17.0 Å². The Morgan fingerprint density at radius 2 is 2.21 bits per heavy atom. The van der Waals surface area contributed by atoms with Gasteiger partial charge in [-0.1, -0.05) is 0 Å². The van der Waals surface area contributed by atoms with Crippen LogP contribution in [0.1, 0.15) is 37.1 Å². The van der Waals surface area contributed by atoms with Crippen molar-refractivity contribution in [1.29, 1.82) is 5.26 Å². The van der Waals surface area contributed by atoms with Crippen molar-refractivity contribution in [1.82, 2.24) is 14.8 Å². The summed E-state index contributed by atoms with van der Waals surface area (Å²) in [7, 11) is 2.05. The van der Waals surface area contributed by atoms with E-state index in [2.05, 4.69) is 20.9 Å². The fourth-order valence-electron chi connectivity index (χ4n) is 4.72. The summed E-state index contributed by atoms with van der Waals surface area (Å²) < 4.78 is 7.51. The molecule has 2 N–H and O–H groups in total. The molecule has 1 amide bonds. The first-order valence-electron chi connectivity index (χ1n) is 10.3. The second-order valence-corrected chi connectivity index (χ2v) is 8.49. The minimum atomic E-state index is -0.394. The molecule has 7 nitrogen and oxygen atoms in total. The molecular formula is C22H28N4O3. The second kappa shape index (κ2) is 7.69. The van der Waals surface area contributed by atoms with E-state index in [1.165, 1.54) is 11.3 Å². The summed E-state index contributed by atoms with van der Waals surface area (Å²) >= 11 is 0. The summed E-state index contributed by atoms with van der Waals surface area (Å²) in [6.45, 7) is 5.24. The van der Waals surface area contributed by atoms with E-state index in [9.17, 15) is 15.2 Å². The van der Waals surface area contributed by atoms with Crippen LogP contribution in [0.4, 0.5) is 4.79 Å². The molecule has 0 bridgehead atoms. The number of aliphatic hydroxyl groups is 1. The van der Waals surface area contributed by atoms with Gasteiger partial charge in [0.05, 0.1) is 29.9 Å². The number of hydrogen-bond acceptors (Lipinski definition) is 5. The third-order valence-corrected chi connectivity index (χ3v) is 6.13. The molecule has 1 aliphatic carbocycles. The van der Waals surface area contributed by atoms with Crippen LogP contribution in [0.15, 0.2) is 18.2 Å². The van der Waals surface area contributed by atoms with E-state index in [0.717, 1.165) is 23.9 Å². The quantitative estimate of drug-likeness (QED) is 0.827. The number of nitrogens with zero attached hydrogens (tertiary/aromatic N) is 3. The Balaban J connectivity index is 1.67. The summed E-state index contributed by atoms with van der Waals surface area (Å²) in [5, 5.41) is 23.8. The summed E-state index contributed by atoms with van der Waals surface area (Å²) in [5.74, 6) is 0. The molecule has 1 aromatic carbocycles. The van der Waals surface area contributed by atoms with Gasteiger partial charge in [0.1, 0.15) is 0 Å². The van der Waals surface area contributed by atoms with Crippen molar-refractivity contribution in [3.63, 3.8) is 0 Å². The van der Waals surface area contributed by atoms with Crippen LogP contribution in [0.5, 0.6) is 0 Å². The Kier molecular flexibility index (Phi) is 5.24. The van der Waals surface area contributed by atoms with Crippen LogP contribution in [0.25, 0.3) is 10.9 Å². The van der Waals surface area contributed by atoms with Gasteiger partial charge in [0, 0.05) is 42.1 Å². The minimum absolute atomic E-state index is 0.0288. The molecule has 0 unspecified atom stereocenters. The number of ether oxygens (including phenoxy) is 1. The maximum absolute atomic E-state index is 12.1. The first kappa shape index (κ1) is 19.7. The third kappa shape index (κ3) is 3.70. The van der Waals surface area contributed by atoms with E-state index in [4.69, 9.17) is 4.74 Å². The highest BCUT2D eigenvalue weighted by molar-refractivity contribution is 5.88. The van der Waals surface area contributed by atoms with Crippen molar-refractivity contribution in [3.05, 3.63) is 35.0 Å². The SMILES string of the molecule is CC(C)OC(=O)N[C@H]1Cc2c(n(C[C@@H]3[C@H](O)CCN3C)c3ccc(C#N)cc23)C1. The number of likely N-dealkylation sites (tertiary alicyclic amines) is 1. The van der Waals surface area contributed by atoms with E-state index >= 15 is 0 Å². The summed E-state index contributed by atoms with van der Waals surface area (Å²) in [6, 6.07) is 8.04. The lowest BCUT2D eigenvalue weighted by Crippen LogP contribution is -2.38. The average molecular weight is 396 g/mol. The van der Waals surface area contributed by atoms with Crippen molar-refractivity contribution in [2.75, 3.05) is 13.6 Å². The third-order valence-electron chi connectivity index (χ3n) is 6.13. The number of fused-ring (bicyclic) bond motifs is 3. The largest absolute Gasteiger partial charge is 0.447 e. The molecule has 1 aliphatic heterocycles. The van der Waals surface area contributed by atoms with Gasteiger partial charge in [0.25, 0.3) is 0 Å². The Hall–Kier alpha value is -2.56. The predicted octanol–water partition coefficient (Wildman–Crippen LogP) is 2.18. The van der Waals surface area contributed by atoms with Gasteiger partial charge in [-0.2, -0.15) is 5.26 Å². The van der Waals surface area contributed by atoms with Gasteiger partial charge in [0.15, 0.2) is 0 Å². The number of nitriles is 1. The highest BCUT2D eigenvalue weighted by atomic mass is 16.6. The average Bonchev–Trinajstić information content (AvgIpc) is 3.29. The first-order chi connectivity index (χ1) is 13.9. The van der Waals surface area contributed by atoms with E-state index in [-0.39, 0.29) is 24.3 Å². The maximum Gasteiger partial charge on any atom is 0.407 e. The van der Waals surface area contributed by atoms with Crippen LogP contribution in [0.2, 0.25) is 0 Å². The summed E-state index contributed by atoms with van der Waals surface area (Å²) in [4.78, 5) is 14.3. The molecule has 3 atom stereocenters. The minimum Gasteiger partial charge on any atom is -0.447 e. The second-order valence-electron chi connectivity index (χ2n) is 8.49. The van der Waals surface area contributed by atoms with Crippen molar-refractivity contribution in [2.24, 2.45) is 0 Å². The van der Waals surface area contributed by atoms with Gasteiger partial charge < -0.3 is 19.7 Å². The highest BCUT2D eigenvalue weighted by Gasteiger charge is 2.34. The Morgan fingerprint density at radius 3 is 2.86 bits per heavy atom. The fraction of sp³-hybridized carbons (Fsp3) is 0.545. The van der Waals surface area contributed by atoms with Gasteiger partial charge in [-0.15, -0.1) is 0 Å². The molecule has 1 saturated heterocycles. The number of aromatic nitrogens is 1. The van der Waals surface area contributed by atoms with Crippen molar-refractivity contribution < 1.29 is 14.6 Å². The number of likely N-dealkylation sites (N-methyl/N-ethyl adjacent to an activating group) is 1. The lowest BCUT2D eigenvalue weighted by molar-refractivity contribution is 0.112. The molecular weight excluding hydrogens is 368 g/mol. The molecule has 2 aromatic rings. The molecule has 0 saturated carbocycles. The summed E-state index contributed by atoms with van der Waals surface area (Å²) in [6.07, 6.45) is 1.31. The maximum atomic E-state index is 12.1. The van der Waals surface area contributed by atoms with Gasteiger partial charge in [-0.25, -0.2) is 4.79 Å². The molecule has 29 heavy (non-hydrogen) atoms. The number of benzene rings is 1. The Bertz CT molecular complexity index is 965. The summed E-state index contributed by atoms with van der Waals surface area (Å²) in [5.41, 5.74) is 4.08. The normalized spacial score (nSPS) is 24.1. The van der Waals surface area contributed by atoms with Crippen LogP contribution in [-0.2, 0) is 24.1 Å². The van der Waals surface area contributed by atoms with Gasteiger partial charge in [-0.3, -0.25) is 4.90 Å². The molecule has 2 aliphatic rings. The monoisotopic (exact) mass is 396 g/mol. The van der Waals surface area contributed by atoms with E-state index in [0.29, 0.717) is 24.9 Å². The van der Waals surface area contributed by atoms with Gasteiger partial charge in [0.2, 0.25) is 0 Å². The number of rotatable bonds is 4. The van der Waals surface area contributed by atoms with Gasteiger partial charge in [-0.05, 0) is 57.5 Å². The van der Waals surface area contributed by atoms with Crippen molar-refractivity contribution in [2.45, 2.75) is 63.9 Å².